The molecule has 18 heavy (non-hydrogen) atoms. The summed E-state index contributed by atoms with van der Waals surface area (Å²) in [4.78, 5) is 2.33. The first-order valence-corrected chi connectivity index (χ1v) is 6.31. The average molecular weight is 247 g/mol. The van der Waals surface area contributed by atoms with Gasteiger partial charge in [-0.1, -0.05) is 0 Å². The first-order valence-electron chi connectivity index (χ1n) is 6.31. The van der Waals surface area contributed by atoms with E-state index in [9.17, 15) is 10.2 Å². The Morgan fingerprint density at radius 1 is 1.17 bits per heavy atom. The Bertz CT molecular complexity index is 457. The lowest BCUT2D eigenvalue weighted by Crippen LogP contribution is -2.27. The molecule has 0 aliphatic carbocycles. The summed E-state index contributed by atoms with van der Waals surface area (Å²) < 4.78 is 0. The molecule has 1 fully saturated rings. The molecule has 0 atom stereocenters. The molecule has 2 N–H and O–H groups in total. The molecule has 5 heteroatoms. The van der Waals surface area contributed by atoms with Gasteiger partial charge < -0.3 is 15.1 Å². The number of hydrogen-bond acceptors (Lipinski definition) is 5. The van der Waals surface area contributed by atoms with Crippen LogP contribution < -0.4 is 0 Å². The number of nitrogens with zero attached hydrogens (tertiary/aromatic N) is 3. The molecule has 3 aliphatic rings. The molecule has 0 amide bonds. The number of allylic oxidation sites excluding steroid dienone is 2. The second-order valence-electron chi connectivity index (χ2n) is 4.71. The zero-order valence-corrected chi connectivity index (χ0v) is 10.2. The van der Waals surface area contributed by atoms with Crippen LogP contribution in [0, 0.1) is 0 Å². The average Bonchev–Trinajstić information content (AvgIpc) is 2.91. The Balaban J connectivity index is 1.88. The van der Waals surface area contributed by atoms with Gasteiger partial charge >= 0.3 is 0 Å². The van der Waals surface area contributed by atoms with Gasteiger partial charge in [0.15, 0.2) is 6.29 Å². The van der Waals surface area contributed by atoms with E-state index in [2.05, 4.69) is 10.0 Å². The Kier molecular flexibility index (Phi) is 2.93. The Labute approximate surface area is 106 Å². The fourth-order valence-electron chi connectivity index (χ4n) is 2.56. The molecular weight excluding hydrogens is 230 g/mol. The molecule has 0 unspecified atom stereocenters. The van der Waals surface area contributed by atoms with Crippen LogP contribution in [0.2, 0.25) is 0 Å². The molecule has 0 bridgehead atoms. The topological polar surface area (TPSA) is 59.3 Å². The van der Waals surface area contributed by atoms with E-state index in [1.807, 2.05) is 18.4 Å². The minimum absolute atomic E-state index is 0.487. The monoisotopic (exact) mass is 247 g/mol. The summed E-state index contributed by atoms with van der Waals surface area (Å²) in [7, 11) is 0. The number of fused-ring (bicyclic) bond motifs is 1. The SMILES string of the molecule is OC(O)C1=C2C=CC(N3CCCC3)=CN2N=CC1. The van der Waals surface area contributed by atoms with E-state index >= 15 is 0 Å². The highest BCUT2D eigenvalue weighted by molar-refractivity contribution is 5.64. The molecule has 0 radical (unpaired) electrons. The van der Waals surface area contributed by atoms with Crippen LogP contribution in [0.4, 0.5) is 0 Å². The van der Waals surface area contributed by atoms with Gasteiger partial charge in [0.25, 0.3) is 0 Å². The normalized spacial score (nSPS) is 22.9. The maximum atomic E-state index is 9.34. The number of aliphatic hydroxyl groups is 2. The fraction of sp³-hybridized carbons (Fsp3) is 0.462. The first kappa shape index (κ1) is 11.5. The number of hydrazone groups is 1. The molecule has 0 aromatic carbocycles. The van der Waals surface area contributed by atoms with Crippen molar-refractivity contribution in [3.8, 4) is 0 Å². The fourth-order valence-corrected chi connectivity index (χ4v) is 2.56. The highest BCUT2D eigenvalue weighted by Gasteiger charge is 2.23. The van der Waals surface area contributed by atoms with Crippen LogP contribution in [0.3, 0.4) is 0 Å². The maximum absolute atomic E-state index is 9.34. The molecule has 3 aliphatic heterocycles. The van der Waals surface area contributed by atoms with Crippen molar-refractivity contribution in [3.05, 3.63) is 35.3 Å². The molecule has 0 aromatic rings. The number of aliphatic hydroxyl groups excluding tert-OH is 1. The van der Waals surface area contributed by atoms with Crippen LogP contribution in [-0.4, -0.2) is 45.7 Å². The summed E-state index contributed by atoms with van der Waals surface area (Å²) in [5, 5.41) is 24.7. The van der Waals surface area contributed by atoms with E-state index < -0.39 is 6.29 Å². The predicted molar refractivity (Wildman–Crippen MR) is 68.2 cm³/mol. The van der Waals surface area contributed by atoms with E-state index in [1.165, 1.54) is 12.8 Å². The standard InChI is InChI=1S/C13H17N3O2/c17-13(18)11-5-6-14-16-9-10(3-4-12(11)16)15-7-1-2-8-15/h3-4,6,9,13,17-18H,1-2,5,7-8H2. The van der Waals surface area contributed by atoms with Crippen molar-refractivity contribution in [2.75, 3.05) is 13.1 Å². The van der Waals surface area contributed by atoms with Crippen LogP contribution in [0.5, 0.6) is 0 Å². The van der Waals surface area contributed by atoms with Crippen molar-refractivity contribution in [3.63, 3.8) is 0 Å². The van der Waals surface area contributed by atoms with Gasteiger partial charge in [-0.25, -0.2) is 5.01 Å². The second-order valence-corrected chi connectivity index (χ2v) is 4.71. The first-order chi connectivity index (χ1) is 8.75. The lowest BCUT2D eigenvalue weighted by Gasteiger charge is -2.30. The summed E-state index contributed by atoms with van der Waals surface area (Å²) >= 11 is 0. The molecule has 0 saturated carbocycles. The van der Waals surface area contributed by atoms with Crippen molar-refractivity contribution in [2.24, 2.45) is 5.10 Å². The minimum atomic E-state index is -1.42. The van der Waals surface area contributed by atoms with Gasteiger partial charge in [-0.3, -0.25) is 0 Å². The van der Waals surface area contributed by atoms with Gasteiger partial charge in [0, 0.05) is 31.3 Å². The maximum Gasteiger partial charge on any atom is 0.177 e. The number of rotatable bonds is 2. The summed E-state index contributed by atoms with van der Waals surface area (Å²) in [6.45, 7) is 2.17. The third-order valence-corrected chi connectivity index (χ3v) is 3.54. The van der Waals surface area contributed by atoms with Crippen molar-refractivity contribution in [2.45, 2.75) is 25.6 Å². The minimum Gasteiger partial charge on any atom is -0.370 e. The second kappa shape index (κ2) is 4.59. The summed E-state index contributed by atoms with van der Waals surface area (Å²) in [5.41, 5.74) is 2.51. The summed E-state index contributed by atoms with van der Waals surface area (Å²) in [6.07, 6.45) is 9.14. The van der Waals surface area contributed by atoms with Crippen LogP contribution in [-0.2, 0) is 0 Å². The predicted octanol–water partition coefficient (Wildman–Crippen LogP) is 0.750. The summed E-state index contributed by atoms with van der Waals surface area (Å²) in [5.74, 6) is 0. The van der Waals surface area contributed by atoms with Crippen LogP contribution >= 0.6 is 0 Å². The van der Waals surface area contributed by atoms with E-state index in [1.54, 1.807) is 11.2 Å². The molecule has 5 nitrogen and oxygen atoms in total. The molecular formula is C13H17N3O2. The van der Waals surface area contributed by atoms with Gasteiger partial charge in [0.2, 0.25) is 0 Å². The van der Waals surface area contributed by atoms with E-state index in [-0.39, 0.29) is 0 Å². The zero-order valence-electron chi connectivity index (χ0n) is 10.2. The number of hydrogen-bond donors (Lipinski definition) is 2. The third kappa shape index (κ3) is 1.95. The quantitative estimate of drug-likeness (QED) is 0.707. The molecule has 3 rings (SSSR count). The third-order valence-electron chi connectivity index (χ3n) is 3.54. The smallest absolute Gasteiger partial charge is 0.177 e. The molecule has 3 heterocycles. The Morgan fingerprint density at radius 2 is 1.94 bits per heavy atom. The zero-order chi connectivity index (χ0) is 12.5. The summed E-state index contributed by atoms with van der Waals surface area (Å²) in [6, 6.07) is 0. The van der Waals surface area contributed by atoms with E-state index in [0.29, 0.717) is 12.0 Å². The van der Waals surface area contributed by atoms with Crippen molar-refractivity contribution in [1.82, 2.24) is 9.91 Å². The van der Waals surface area contributed by atoms with Gasteiger partial charge in [-0.05, 0) is 25.0 Å². The molecule has 96 valence electrons. The Hall–Kier alpha value is -1.59. The van der Waals surface area contributed by atoms with Crippen molar-refractivity contribution < 1.29 is 10.2 Å². The van der Waals surface area contributed by atoms with Gasteiger partial charge in [0.05, 0.1) is 17.6 Å². The largest absolute Gasteiger partial charge is 0.370 e. The molecule has 0 spiro atoms. The van der Waals surface area contributed by atoms with Crippen LogP contribution in [0.25, 0.3) is 0 Å². The highest BCUT2D eigenvalue weighted by atomic mass is 16.5. The van der Waals surface area contributed by atoms with E-state index in [0.717, 1.165) is 24.5 Å². The molecule has 1 saturated heterocycles. The van der Waals surface area contributed by atoms with Crippen molar-refractivity contribution in [1.29, 1.82) is 0 Å². The van der Waals surface area contributed by atoms with Crippen LogP contribution in [0.15, 0.2) is 40.4 Å². The van der Waals surface area contributed by atoms with Crippen LogP contribution in [0.1, 0.15) is 19.3 Å². The van der Waals surface area contributed by atoms with Gasteiger partial charge in [-0.15, -0.1) is 0 Å². The van der Waals surface area contributed by atoms with Gasteiger partial charge in [-0.2, -0.15) is 5.10 Å². The lowest BCUT2D eigenvalue weighted by molar-refractivity contribution is -0.0108. The lowest BCUT2D eigenvalue weighted by atomic mass is 10.1. The van der Waals surface area contributed by atoms with E-state index in [4.69, 9.17) is 0 Å². The Morgan fingerprint density at radius 3 is 2.67 bits per heavy atom. The highest BCUT2D eigenvalue weighted by Crippen LogP contribution is 2.28. The molecule has 0 aromatic heterocycles. The number of likely N-dealkylation sites (tertiary alicyclic amines) is 1. The van der Waals surface area contributed by atoms with Gasteiger partial charge in [0.1, 0.15) is 0 Å². The van der Waals surface area contributed by atoms with Crippen molar-refractivity contribution >= 4 is 6.21 Å².